The van der Waals surface area contributed by atoms with Gasteiger partial charge in [-0.3, -0.25) is 5.32 Å². The Morgan fingerprint density at radius 2 is 1.76 bits per heavy atom. The molecule has 0 saturated heterocycles. The minimum Gasteiger partial charge on any atom is -0.491 e. The molecule has 0 aliphatic heterocycles. The topological polar surface area (TPSA) is 65.4 Å². The standard InChI is InChI=1S/C22H24ClN3O3/c1-16-19(20(23)26(25-16)17-10-6-4-7-11-17)14-24-22(2,21(27)28-3)15-29-18-12-8-5-9-13-18/h4-13,24H,14-15H2,1-3H3. The van der Waals surface area contributed by atoms with Crippen molar-refractivity contribution < 1.29 is 14.3 Å². The summed E-state index contributed by atoms with van der Waals surface area (Å²) >= 11 is 6.59. The molecule has 2 aromatic carbocycles. The summed E-state index contributed by atoms with van der Waals surface area (Å²) in [7, 11) is 1.36. The van der Waals surface area contributed by atoms with Gasteiger partial charge >= 0.3 is 5.97 Å². The van der Waals surface area contributed by atoms with E-state index in [1.807, 2.05) is 67.6 Å². The fourth-order valence-corrected chi connectivity index (χ4v) is 3.25. The fourth-order valence-electron chi connectivity index (χ4n) is 2.91. The highest BCUT2D eigenvalue weighted by molar-refractivity contribution is 6.30. The molecule has 0 fully saturated rings. The van der Waals surface area contributed by atoms with Crippen molar-refractivity contribution in [2.75, 3.05) is 13.7 Å². The van der Waals surface area contributed by atoms with Crippen molar-refractivity contribution in [3.8, 4) is 11.4 Å². The predicted octanol–water partition coefficient (Wildman–Crippen LogP) is 3.93. The maximum Gasteiger partial charge on any atom is 0.329 e. The van der Waals surface area contributed by atoms with Crippen molar-refractivity contribution in [3.63, 3.8) is 0 Å². The third-order valence-electron chi connectivity index (χ3n) is 4.68. The third-order valence-corrected chi connectivity index (χ3v) is 5.07. The highest BCUT2D eigenvalue weighted by Crippen LogP contribution is 2.24. The Morgan fingerprint density at radius 1 is 1.14 bits per heavy atom. The molecule has 0 aliphatic rings. The SMILES string of the molecule is COC(=O)C(C)(COc1ccccc1)NCc1c(C)nn(-c2ccccc2)c1Cl. The van der Waals surface area contributed by atoms with Crippen molar-refractivity contribution in [1.29, 1.82) is 0 Å². The maximum absolute atomic E-state index is 12.5. The van der Waals surface area contributed by atoms with Gasteiger partial charge < -0.3 is 9.47 Å². The van der Waals surface area contributed by atoms with Gasteiger partial charge in [-0.1, -0.05) is 48.0 Å². The number of nitrogens with one attached hydrogen (secondary N) is 1. The second-order valence-electron chi connectivity index (χ2n) is 6.88. The van der Waals surface area contributed by atoms with Crippen LogP contribution >= 0.6 is 11.6 Å². The number of aromatic nitrogens is 2. The molecule has 3 aromatic rings. The lowest BCUT2D eigenvalue weighted by molar-refractivity contribution is -0.149. The smallest absolute Gasteiger partial charge is 0.329 e. The Labute approximate surface area is 175 Å². The van der Waals surface area contributed by atoms with Crippen LogP contribution in [0.1, 0.15) is 18.2 Å². The van der Waals surface area contributed by atoms with E-state index in [1.165, 1.54) is 7.11 Å². The first-order valence-corrected chi connectivity index (χ1v) is 9.63. The second kappa shape index (κ2) is 9.11. The lowest BCUT2D eigenvalue weighted by Crippen LogP contribution is -2.54. The summed E-state index contributed by atoms with van der Waals surface area (Å²) in [6.45, 7) is 4.07. The lowest BCUT2D eigenvalue weighted by Gasteiger charge is -2.28. The molecule has 1 unspecified atom stereocenters. The summed E-state index contributed by atoms with van der Waals surface area (Å²) in [6.07, 6.45) is 0. The van der Waals surface area contributed by atoms with Crippen molar-refractivity contribution in [1.82, 2.24) is 15.1 Å². The lowest BCUT2D eigenvalue weighted by atomic mass is 10.0. The van der Waals surface area contributed by atoms with Gasteiger partial charge in [0.25, 0.3) is 0 Å². The first kappa shape index (κ1) is 20.9. The fraction of sp³-hybridized carbons (Fsp3) is 0.273. The van der Waals surface area contributed by atoms with Crippen molar-refractivity contribution in [2.24, 2.45) is 0 Å². The van der Waals surface area contributed by atoms with Crippen LogP contribution in [0.2, 0.25) is 5.15 Å². The van der Waals surface area contributed by atoms with Crippen LogP contribution in [0.15, 0.2) is 60.7 Å². The van der Waals surface area contributed by atoms with Gasteiger partial charge in [-0.05, 0) is 38.1 Å². The number of nitrogens with zero attached hydrogens (tertiary/aromatic N) is 2. The molecule has 152 valence electrons. The van der Waals surface area contributed by atoms with Crippen LogP contribution in [0, 0.1) is 6.92 Å². The monoisotopic (exact) mass is 413 g/mol. The van der Waals surface area contributed by atoms with Gasteiger partial charge in [0.2, 0.25) is 0 Å². The number of carbonyl (C=O) groups excluding carboxylic acids is 1. The second-order valence-corrected chi connectivity index (χ2v) is 7.24. The minimum atomic E-state index is -1.06. The van der Waals surface area contributed by atoms with E-state index >= 15 is 0 Å². The van der Waals surface area contributed by atoms with Gasteiger partial charge in [0.1, 0.15) is 23.0 Å². The Bertz CT molecular complexity index is 960. The first-order valence-electron chi connectivity index (χ1n) is 9.25. The number of halogens is 1. The van der Waals surface area contributed by atoms with E-state index in [4.69, 9.17) is 21.1 Å². The molecular formula is C22H24ClN3O3. The van der Waals surface area contributed by atoms with E-state index in [1.54, 1.807) is 11.6 Å². The number of benzene rings is 2. The molecule has 1 heterocycles. The average molecular weight is 414 g/mol. The zero-order valence-electron chi connectivity index (χ0n) is 16.7. The molecule has 29 heavy (non-hydrogen) atoms. The van der Waals surface area contributed by atoms with Crippen LogP contribution in [0.25, 0.3) is 5.69 Å². The largest absolute Gasteiger partial charge is 0.491 e. The minimum absolute atomic E-state index is 0.104. The highest BCUT2D eigenvalue weighted by atomic mass is 35.5. The molecule has 1 N–H and O–H groups in total. The van der Waals surface area contributed by atoms with E-state index in [0.717, 1.165) is 16.9 Å². The summed E-state index contributed by atoms with van der Waals surface area (Å²) in [4.78, 5) is 12.5. The van der Waals surface area contributed by atoms with Crippen LogP contribution in [-0.4, -0.2) is 35.0 Å². The molecule has 0 aliphatic carbocycles. The van der Waals surface area contributed by atoms with Crippen LogP contribution in [0.3, 0.4) is 0 Å². The molecule has 0 amide bonds. The maximum atomic E-state index is 12.5. The average Bonchev–Trinajstić information content (AvgIpc) is 3.05. The number of ether oxygens (including phenoxy) is 2. The molecule has 3 rings (SSSR count). The molecular weight excluding hydrogens is 390 g/mol. The molecule has 1 atom stereocenters. The molecule has 1 aromatic heterocycles. The number of esters is 1. The van der Waals surface area contributed by atoms with Crippen LogP contribution < -0.4 is 10.1 Å². The van der Waals surface area contributed by atoms with Gasteiger partial charge in [0.05, 0.1) is 18.5 Å². The summed E-state index contributed by atoms with van der Waals surface area (Å²) in [5.74, 6) is 0.258. The van der Waals surface area contributed by atoms with E-state index in [9.17, 15) is 4.79 Å². The van der Waals surface area contributed by atoms with Gasteiger partial charge in [0.15, 0.2) is 0 Å². The number of hydrogen-bond acceptors (Lipinski definition) is 5. The molecule has 0 radical (unpaired) electrons. The van der Waals surface area contributed by atoms with Crippen molar-refractivity contribution >= 4 is 17.6 Å². The van der Waals surface area contributed by atoms with Crippen LogP contribution in [0.4, 0.5) is 0 Å². The number of methoxy groups -OCH3 is 1. The summed E-state index contributed by atoms with van der Waals surface area (Å²) in [5, 5.41) is 8.28. The van der Waals surface area contributed by atoms with Crippen LogP contribution in [0.5, 0.6) is 5.75 Å². The van der Waals surface area contributed by atoms with Gasteiger partial charge in [-0.25, -0.2) is 9.48 Å². The number of hydrogen-bond donors (Lipinski definition) is 1. The summed E-state index contributed by atoms with van der Waals surface area (Å²) in [6, 6.07) is 19.0. The molecule has 0 spiro atoms. The van der Waals surface area contributed by atoms with Gasteiger partial charge in [-0.2, -0.15) is 5.10 Å². The Hall–Kier alpha value is -2.83. The molecule has 7 heteroatoms. The van der Waals surface area contributed by atoms with E-state index in [0.29, 0.717) is 17.4 Å². The predicted molar refractivity (Wildman–Crippen MR) is 113 cm³/mol. The Morgan fingerprint density at radius 3 is 2.38 bits per heavy atom. The molecule has 0 saturated carbocycles. The normalized spacial score (nSPS) is 13.0. The van der Waals surface area contributed by atoms with E-state index in [2.05, 4.69) is 10.4 Å². The molecule has 0 bridgehead atoms. The third kappa shape index (κ3) is 4.78. The Kier molecular flexibility index (Phi) is 6.56. The summed E-state index contributed by atoms with van der Waals surface area (Å²) in [5.41, 5.74) is 1.40. The zero-order valence-corrected chi connectivity index (χ0v) is 17.4. The van der Waals surface area contributed by atoms with Crippen molar-refractivity contribution in [2.45, 2.75) is 25.9 Å². The summed E-state index contributed by atoms with van der Waals surface area (Å²) < 4.78 is 12.5. The van der Waals surface area contributed by atoms with Crippen LogP contribution in [-0.2, 0) is 16.1 Å². The molecule has 6 nitrogen and oxygen atoms in total. The van der Waals surface area contributed by atoms with E-state index in [-0.39, 0.29) is 6.61 Å². The van der Waals surface area contributed by atoms with E-state index < -0.39 is 11.5 Å². The number of para-hydroxylation sites is 2. The first-order chi connectivity index (χ1) is 13.9. The highest BCUT2D eigenvalue weighted by Gasteiger charge is 2.35. The number of carbonyl (C=O) groups is 1. The number of rotatable bonds is 8. The van der Waals surface area contributed by atoms with Gasteiger partial charge in [0, 0.05) is 12.1 Å². The Balaban J connectivity index is 1.77. The van der Waals surface area contributed by atoms with Crippen molar-refractivity contribution in [3.05, 3.63) is 77.1 Å². The zero-order chi connectivity index (χ0) is 20.9. The van der Waals surface area contributed by atoms with Gasteiger partial charge in [-0.15, -0.1) is 0 Å². The quantitative estimate of drug-likeness (QED) is 0.567. The number of aryl methyl sites for hydroxylation is 1.